The van der Waals surface area contributed by atoms with Crippen LogP contribution < -0.4 is 5.32 Å². The van der Waals surface area contributed by atoms with Crippen molar-refractivity contribution in [2.45, 2.75) is 4.90 Å². The van der Waals surface area contributed by atoms with Crippen LogP contribution in [0.1, 0.15) is 0 Å². The van der Waals surface area contributed by atoms with Crippen molar-refractivity contribution >= 4 is 21.8 Å². The topological polar surface area (TPSA) is 132 Å². The fourth-order valence-corrected chi connectivity index (χ4v) is 1.60. The molecule has 0 heterocycles. The van der Waals surface area contributed by atoms with Crippen molar-refractivity contribution < 1.29 is 18.3 Å². The first kappa shape index (κ1) is 11.8. The van der Waals surface area contributed by atoms with E-state index in [2.05, 4.69) is 9.43 Å². The predicted octanol–water partition coefficient (Wildman–Crippen LogP) is 1.78. The summed E-state index contributed by atoms with van der Waals surface area (Å²) in [5.41, 5.74) is 8.24. The molecule has 0 aliphatic rings. The molecule has 8 nitrogen and oxygen atoms in total. The first-order valence-electron chi connectivity index (χ1n) is 3.87. The lowest BCUT2D eigenvalue weighted by molar-refractivity contribution is 0.210. The largest absolute Gasteiger partial charge is 0.465 e. The van der Waals surface area contributed by atoms with Gasteiger partial charge in [-0.3, -0.25) is 5.32 Å². The number of nitrogens with one attached hydrogen (secondary N) is 1. The summed E-state index contributed by atoms with van der Waals surface area (Å²) in [6.45, 7) is 0. The number of anilines is 1. The summed E-state index contributed by atoms with van der Waals surface area (Å²) in [6, 6.07) is 4.76. The van der Waals surface area contributed by atoms with Crippen LogP contribution in [-0.4, -0.2) is 19.6 Å². The molecule has 16 heavy (non-hydrogen) atoms. The van der Waals surface area contributed by atoms with E-state index in [0.717, 1.165) is 12.1 Å². The summed E-state index contributed by atoms with van der Waals surface area (Å²) in [5, 5.41) is 10.4. The lowest BCUT2D eigenvalue weighted by atomic mass is 10.3. The molecule has 0 unspecified atom stereocenters. The highest BCUT2D eigenvalue weighted by Gasteiger charge is 2.11. The molecule has 2 N–H and O–H groups in total. The average molecular weight is 242 g/mol. The summed E-state index contributed by atoms with van der Waals surface area (Å²) in [5.74, 6) is 0. The summed E-state index contributed by atoms with van der Waals surface area (Å²) < 4.78 is 25.1. The average Bonchev–Trinajstić information content (AvgIpc) is 2.17. The Morgan fingerprint density at radius 2 is 1.94 bits per heavy atom. The first-order valence-corrected chi connectivity index (χ1v) is 5.31. The first-order chi connectivity index (χ1) is 7.45. The lowest BCUT2D eigenvalue weighted by Crippen LogP contribution is -2.07. The molecule has 0 atom stereocenters. The molecule has 1 aromatic rings. The lowest BCUT2D eigenvalue weighted by Gasteiger charge is -2.01. The highest BCUT2D eigenvalue weighted by atomic mass is 32.2. The van der Waals surface area contributed by atoms with Crippen molar-refractivity contribution in [1.82, 2.24) is 0 Å². The molecule has 9 heteroatoms. The standard InChI is InChI=1S/C7H6N4O4S/c8-10-11-16(14,15)6-3-1-5(2-4-6)9-7(12)13/h1-4,9H,(H,12,13). The molecule has 1 aromatic carbocycles. The molecule has 0 aliphatic heterocycles. The van der Waals surface area contributed by atoms with Gasteiger partial charge in [-0.15, -0.1) is 0 Å². The molecule has 0 spiro atoms. The van der Waals surface area contributed by atoms with E-state index in [-0.39, 0.29) is 10.6 Å². The van der Waals surface area contributed by atoms with E-state index < -0.39 is 16.1 Å². The van der Waals surface area contributed by atoms with Gasteiger partial charge in [0.05, 0.1) is 4.90 Å². The Morgan fingerprint density at radius 1 is 1.38 bits per heavy atom. The van der Waals surface area contributed by atoms with Gasteiger partial charge in [0, 0.05) is 15.1 Å². The van der Waals surface area contributed by atoms with Crippen LogP contribution in [-0.2, 0) is 10.0 Å². The van der Waals surface area contributed by atoms with Crippen molar-refractivity contribution in [3.8, 4) is 0 Å². The van der Waals surface area contributed by atoms with Crippen LogP contribution in [0.5, 0.6) is 0 Å². The maximum absolute atomic E-state index is 11.2. The van der Waals surface area contributed by atoms with E-state index in [1.807, 2.05) is 5.32 Å². The van der Waals surface area contributed by atoms with Crippen LogP contribution in [0.15, 0.2) is 33.7 Å². The number of sulfonamides is 1. The number of azide groups is 1. The van der Waals surface area contributed by atoms with Gasteiger partial charge < -0.3 is 5.11 Å². The number of carboxylic acid groups (broad SMARTS) is 1. The molecule has 1 amide bonds. The number of amides is 1. The minimum absolute atomic E-state index is 0.207. The SMILES string of the molecule is [N-]=[N+]=NS(=O)(=O)c1ccc(NC(=O)O)cc1. The zero-order valence-corrected chi connectivity index (χ0v) is 8.55. The molecule has 0 aromatic heterocycles. The second-order valence-corrected chi connectivity index (χ2v) is 4.19. The van der Waals surface area contributed by atoms with Gasteiger partial charge in [0.25, 0.3) is 10.0 Å². The monoisotopic (exact) mass is 242 g/mol. The van der Waals surface area contributed by atoms with Crippen LogP contribution in [0.4, 0.5) is 10.5 Å². The highest BCUT2D eigenvalue weighted by Crippen LogP contribution is 2.16. The van der Waals surface area contributed by atoms with Gasteiger partial charge in [0.1, 0.15) is 0 Å². The van der Waals surface area contributed by atoms with Crippen LogP contribution in [0.25, 0.3) is 10.4 Å². The van der Waals surface area contributed by atoms with E-state index in [1.54, 1.807) is 0 Å². The smallest absolute Gasteiger partial charge is 0.409 e. The van der Waals surface area contributed by atoms with Gasteiger partial charge in [-0.05, 0) is 29.8 Å². The number of carbonyl (C=O) groups is 1. The zero-order valence-electron chi connectivity index (χ0n) is 7.73. The van der Waals surface area contributed by atoms with E-state index >= 15 is 0 Å². The molecule has 0 bridgehead atoms. The minimum atomic E-state index is -4.02. The number of nitrogens with zero attached hydrogens (tertiary/aromatic N) is 3. The van der Waals surface area contributed by atoms with Crippen LogP contribution in [0, 0.1) is 0 Å². The second-order valence-electron chi connectivity index (χ2n) is 2.60. The molecular formula is C7H6N4O4S. The maximum Gasteiger partial charge on any atom is 0.409 e. The zero-order chi connectivity index (χ0) is 12.2. The van der Waals surface area contributed by atoms with Crippen LogP contribution in [0.3, 0.4) is 0 Å². The third kappa shape index (κ3) is 2.87. The van der Waals surface area contributed by atoms with Crippen molar-refractivity contribution in [2.75, 3.05) is 5.32 Å². The van der Waals surface area contributed by atoms with Gasteiger partial charge >= 0.3 is 6.09 Å². The van der Waals surface area contributed by atoms with Crippen LogP contribution in [0.2, 0.25) is 0 Å². The Labute approximate surface area is 90.2 Å². The molecule has 0 radical (unpaired) electrons. The summed E-state index contributed by atoms with van der Waals surface area (Å²) in [7, 11) is -4.02. The van der Waals surface area contributed by atoms with E-state index in [0.29, 0.717) is 0 Å². The Kier molecular flexibility index (Phi) is 3.33. The number of hydrogen-bond acceptors (Lipinski definition) is 3. The van der Waals surface area contributed by atoms with Crippen LogP contribution >= 0.6 is 0 Å². The highest BCUT2D eigenvalue weighted by molar-refractivity contribution is 7.90. The molecular weight excluding hydrogens is 236 g/mol. The van der Waals surface area contributed by atoms with Gasteiger partial charge in [-0.1, -0.05) is 0 Å². The maximum atomic E-state index is 11.2. The number of hydrogen-bond donors (Lipinski definition) is 2. The fraction of sp³-hybridized carbons (Fsp3) is 0. The minimum Gasteiger partial charge on any atom is -0.465 e. The summed E-state index contributed by atoms with van der Waals surface area (Å²) in [4.78, 5) is 12.2. The Hall–Kier alpha value is -2.25. The van der Waals surface area contributed by atoms with Gasteiger partial charge in [-0.25, -0.2) is 13.2 Å². The van der Waals surface area contributed by atoms with Crippen molar-refractivity contribution in [3.63, 3.8) is 0 Å². The summed E-state index contributed by atoms with van der Waals surface area (Å²) >= 11 is 0. The number of benzene rings is 1. The molecule has 0 aliphatic carbocycles. The molecule has 0 fully saturated rings. The fourth-order valence-electron chi connectivity index (χ4n) is 0.929. The molecule has 1 rings (SSSR count). The Bertz CT molecular complexity index is 544. The van der Waals surface area contributed by atoms with Crippen molar-refractivity contribution in [1.29, 1.82) is 0 Å². The number of rotatable bonds is 3. The van der Waals surface area contributed by atoms with Gasteiger partial charge in [-0.2, -0.15) is 0 Å². The third-order valence-electron chi connectivity index (χ3n) is 1.55. The Balaban J connectivity index is 3.04. The molecule has 0 saturated heterocycles. The second kappa shape index (κ2) is 4.51. The van der Waals surface area contributed by atoms with Gasteiger partial charge in [0.15, 0.2) is 0 Å². The van der Waals surface area contributed by atoms with E-state index in [1.165, 1.54) is 12.1 Å². The normalized spacial score (nSPS) is 10.2. The van der Waals surface area contributed by atoms with Crippen molar-refractivity contribution in [3.05, 3.63) is 34.7 Å². The molecule has 84 valence electrons. The van der Waals surface area contributed by atoms with E-state index in [9.17, 15) is 13.2 Å². The molecule has 0 saturated carbocycles. The summed E-state index contributed by atoms with van der Waals surface area (Å²) in [6.07, 6.45) is -1.26. The van der Waals surface area contributed by atoms with E-state index in [4.69, 9.17) is 10.6 Å². The van der Waals surface area contributed by atoms with Crippen molar-refractivity contribution in [2.24, 2.45) is 4.52 Å². The Morgan fingerprint density at radius 3 is 2.38 bits per heavy atom. The predicted molar refractivity (Wildman–Crippen MR) is 54.4 cm³/mol. The van der Waals surface area contributed by atoms with Gasteiger partial charge in [0.2, 0.25) is 0 Å². The third-order valence-corrected chi connectivity index (χ3v) is 2.70. The quantitative estimate of drug-likeness (QED) is 0.474.